The number of hydrazine groups is 1. The van der Waals surface area contributed by atoms with Gasteiger partial charge in [0.2, 0.25) is 0 Å². The molecular formula is C15H27N3O2. The highest BCUT2D eigenvalue weighted by Crippen LogP contribution is 2.18. The fourth-order valence-electron chi connectivity index (χ4n) is 2.19. The molecule has 1 unspecified atom stereocenters. The first kappa shape index (κ1) is 16.7. The molecule has 1 amide bonds. The number of carbonyl (C=O) groups is 1. The third-order valence-electron chi connectivity index (χ3n) is 3.68. The van der Waals surface area contributed by atoms with Gasteiger partial charge in [-0.25, -0.2) is 5.84 Å². The molecule has 1 heterocycles. The maximum absolute atomic E-state index is 11.6. The van der Waals surface area contributed by atoms with E-state index in [1.54, 1.807) is 0 Å². The van der Waals surface area contributed by atoms with Gasteiger partial charge in [0.25, 0.3) is 0 Å². The number of amides is 1. The van der Waals surface area contributed by atoms with Crippen LogP contribution in [0.15, 0.2) is 10.5 Å². The molecule has 0 spiro atoms. The van der Waals surface area contributed by atoms with Crippen LogP contribution in [0, 0.1) is 6.92 Å². The number of nitrogens with zero attached hydrogens (tertiary/aromatic N) is 1. The van der Waals surface area contributed by atoms with E-state index in [1.165, 1.54) is 12.8 Å². The fourth-order valence-corrected chi connectivity index (χ4v) is 2.19. The minimum Gasteiger partial charge on any atom is -0.454 e. The van der Waals surface area contributed by atoms with Crippen molar-refractivity contribution in [3.63, 3.8) is 0 Å². The van der Waals surface area contributed by atoms with E-state index < -0.39 is 0 Å². The van der Waals surface area contributed by atoms with E-state index in [-0.39, 0.29) is 5.91 Å². The molecule has 0 saturated carbocycles. The van der Waals surface area contributed by atoms with Crippen molar-refractivity contribution >= 4 is 5.91 Å². The Hall–Kier alpha value is -1.33. The van der Waals surface area contributed by atoms with Gasteiger partial charge in [-0.05, 0) is 39.3 Å². The highest BCUT2D eigenvalue weighted by Gasteiger charge is 2.18. The van der Waals surface area contributed by atoms with Crippen molar-refractivity contribution in [2.45, 2.75) is 59.5 Å². The van der Waals surface area contributed by atoms with Crippen LogP contribution in [-0.4, -0.2) is 23.4 Å². The molecule has 0 aliphatic heterocycles. The maximum Gasteiger partial charge on any atom is 0.301 e. The summed E-state index contributed by atoms with van der Waals surface area (Å²) in [5.74, 6) is 5.90. The molecule has 0 fully saturated rings. The third kappa shape index (κ3) is 4.35. The normalized spacial score (nSPS) is 12.7. The summed E-state index contributed by atoms with van der Waals surface area (Å²) in [6.07, 6.45) is 3.44. The maximum atomic E-state index is 11.6. The smallest absolute Gasteiger partial charge is 0.301 e. The molecule has 3 N–H and O–H groups in total. The first-order valence-electron chi connectivity index (χ1n) is 7.37. The molecule has 1 aromatic rings. The minimum atomic E-state index is -0.377. The summed E-state index contributed by atoms with van der Waals surface area (Å²) >= 11 is 0. The quantitative estimate of drug-likeness (QED) is 0.436. The summed E-state index contributed by atoms with van der Waals surface area (Å²) in [7, 11) is 0. The summed E-state index contributed by atoms with van der Waals surface area (Å²) in [5.41, 5.74) is 2.93. The van der Waals surface area contributed by atoms with Gasteiger partial charge in [0.15, 0.2) is 5.76 Å². The molecule has 114 valence electrons. The topological polar surface area (TPSA) is 71.5 Å². The molecule has 0 saturated heterocycles. The summed E-state index contributed by atoms with van der Waals surface area (Å²) < 4.78 is 5.64. The van der Waals surface area contributed by atoms with Crippen molar-refractivity contribution in [2.75, 3.05) is 6.54 Å². The number of nitrogens with one attached hydrogen (secondary N) is 1. The van der Waals surface area contributed by atoms with Crippen LogP contribution in [0.3, 0.4) is 0 Å². The van der Waals surface area contributed by atoms with Crippen molar-refractivity contribution in [1.82, 2.24) is 10.3 Å². The number of furan rings is 1. The van der Waals surface area contributed by atoms with Crippen LogP contribution in [0.5, 0.6) is 0 Å². The molecule has 5 nitrogen and oxygen atoms in total. The number of carbonyl (C=O) groups excluding carboxylic acids is 1. The summed E-state index contributed by atoms with van der Waals surface area (Å²) in [4.78, 5) is 13.9. The Labute approximate surface area is 121 Å². The zero-order valence-electron chi connectivity index (χ0n) is 13.0. The lowest BCUT2D eigenvalue weighted by molar-refractivity contribution is 0.0919. The second-order valence-electron chi connectivity index (χ2n) is 5.28. The fraction of sp³-hybridized carbons (Fsp3) is 0.667. The van der Waals surface area contributed by atoms with Crippen LogP contribution in [0.4, 0.5) is 0 Å². The number of aryl methyl sites for hydroxylation is 1. The van der Waals surface area contributed by atoms with Gasteiger partial charge >= 0.3 is 5.91 Å². The highest BCUT2D eigenvalue weighted by molar-refractivity contribution is 5.92. The predicted molar refractivity (Wildman–Crippen MR) is 80.2 cm³/mol. The van der Waals surface area contributed by atoms with Crippen LogP contribution in [0.25, 0.3) is 0 Å². The van der Waals surface area contributed by atoms with Gasteiger partial charge in [-0.2, -0.15) is 0 Å². The number of hydrogen-bond donors (Lipinski definition) is 2. The highest BCUT2D eigenvalue weighted by atomic mass is 16.4. The van der Waals surface area contributed by atoms with E-state index >= 15 is 0 Å². The first-order chi connectivity index (χ1) is 9.53. The minimum absolute atomic E-state index is 0.307. The number of nitrogens with two attached hydrogens (primary N) is 1. The average molecular weight is 281 g/mol. The SMILES string of the molecule is CCCCN(Cc1cc(C)c(C(=O)NN)o1)C(C)CC. The van der Waals surface area contributed by atoms with Gasteiger partial charge in [0.05, 0.1) is 6.54 Å². The first-order valence-corrected chi connectivity index (χ1v) is 7.37. The number of unbranched alkanes of at least 4 members (excludes halogenated alkanes) is 1. The van der Waals surface area contributed by atoms with E-state index in [0.717, 1.165) is 30.8 Å². The Morgan fingerprint density at radius 2 is 2.20 bits per heavy atom. The average Bonchev–Trinajstić information content (AvgIpc) is 2.82. The van der Waals surface area contributed by atoms with Gasteiger partial charge in [-0.15, -0.1) is 0 Å². The predicted octanol–water partition coefficient (Wildman–Crippen LogP) is 2.59. The Kier molecular flexibility index (Phi) is 6.75. The Bertz CT molecular complexity index is 429. The summed E-state index contributed by atoms with van der Waals surface area (Å²) in [6, 6.07) is 2.42. The lowest BCUT2D eigenvalue weighted by atomic mass is 10.2. The largest absolute Gasteiger partial charge is 0.454 e. The zero-order valence-corrected chi connectivity index (χ0v) is 13.0. The van der Waals surface area contributed by atoms with Crippen molar-refractivity contribution in [3.05, 3.63) is 23.2 Å². The lowest BCUT2D eigenvalue weighted by Crippen LogP contribution is -2.33. The van der Waals surface area contributed by atoms with Crippen LogP contribution >= 0.6 is 0 Å². The Balaban J connectivity index is 2.80. The van der Waals surface area contributed by atoms with E-state index in [1.807, 2.05) is 13.0 Å². The van der Waals surface area contributed by atoms with Crippen molar-refractivity contribution < 1.29 is 9.21 Å². The van der Waals surface area contributed by atoms with Crippen LogP contribution in [-0.2, 0) is 6.54 Å². The monoisotopic (exact) mass is 281 g/mol. The van der Waals surface area contributed by atoms with Gasteiger partial charge in [0, 0.05) is 11.6 Å². The zero-order chi connectivity index (χ0) is 15.1. The molecule has 1 atom stereocenters. The number of hydrogen-bond acceptors (Lipinski definition) is 4. The molecule has 0 aliphatic rings. The number of nitrogen functional groups attached to an aromatic ring is 1. The van der Waals surface area contributed by atoms with Crippen LogP contribution in [0.1, 0.15) is 61.9 Å². The Morgan fingerprint density at radius 3 is 2.75 bits per heavy atom. The Morgan fingerprint density at radius 1 is 1.50 bits per heavy atom. The molecular weight excluding hydrogens is 254 g/mol. The molecule has 0 radical (unpaired) electrons. The van der Waals surface area contributed by atoms with Crippen molar-refractivity contribution in [2.24, 2.45) is 5.84 Å². The molecule has 0 aliphatic carbocycles. The summed E-state index contributed by atoms with van der Waals surface area (Å²) in [6.45, 7) is 10.2. The molecule has 5 heteroatoms. The van der Waals surface area contributed by atoms with Crippen molar-refractivity contribution in [1.29, 1.82) is 0 Å². The summed E-state index contributed by atoms with van der Waals surface area (Å²) in [5, 5.41) is 0. The molecule has 20 heavy (non-hydrogen) atoms. The van der Waals surface area contributed by atoms with E-state index in [9.17, 15) is 4.79 Å². The van der Waals surface area contributed by atoms with E-state index in [2.05, 4.69) is 31.1 Å². The number of rotatable bonds is 8. The molecule has 0 bridgehead atoms. The van der Waals surface area contributed by atoms with E-state index in [4.69, 9.17) is 10.3 Å². The molecule has 1 rings (SSSR count). The van der Waals surface area contributed by atoms with Gasteiger partial charge < -0.3 is 4.42 Å². The second-order valence-corrected chi connectivity index (χ2v) is 5.28. The molecule has 0 aromatic carbocycles. The van der Waals surface area contributed by atoms with Gasteiger partial charge in [-0.1, -0.05) is 20.3 Å². The van der Waals surface area contributed by atoms with Crippen molar-refractivity contribution in [3.8, 4) is 0 Å². The van der Waals surface area contributed by atoms with Crippen LogP contribution < -0.4 is 11.3 Å². The van der Waals surface area contributed by atoms with Gasteiger partial charge in [-0.3, -0.25) is 15.1 Å². The van der Waals surface area contributed by atoms with Crippen LogP contribution in [0.2, 0.25) is 0 Å². The standard InChI is InChI=1S/C15H27N3O2/c1-5-7-8-18(12(4)6-2)10-13-9-11(3)14(20-13)15(19)17-16/h9,12H,5-8,10,16H2,1-4H3,(H,17,19). The molecule has 1 aromatic heterocycles. The second kappa shape index (κ2) is 8.07. The lowest BCUT2D eigenvalue weighted by Gasteiger charge is -2.27. The van der Waals surface area contributed by atoms with E-state index in [0.29, 0.717) is 11.8 Å². The third-order valence-corrected chi connectivity index (χ3v) is 3.68. The van der Waals surface area contributed by atoms with Gasteiger partial charge in [0.1, 0.15) is 5.76 Å².